The topological polar surface area (TPSA) is 73.6 Å². The molecule has 0 radical (unpaired) electrons. The van der Waals surface area contributed by atoms with Crippen LogP contribution in [-0.4, -0.2) is 25.1 Å². The van der Waals surface area contributed by atoms with Crippen molar-refractivity contribution in [1.29, 1.82) is 0 Å². The van der Waals surface area contributed by atoms with Gasteiger partial charge in [0.2, 0.25) is 5.89 Å². The summed E-state index contributed by atoms with van der Waals surface area (Å²) in [6.07, 6.45) is 0. The van der Waals surface area contributed by atoms with Gasteiger partial charge in [-0.25, -0.2) is 4.98 Å². The molecule has 0 aliphatic heterocycles. The molecule has 0 atom stereocenters. The Morgan fingerprint density at radius 1 is 1.29 bits per heavy atom. The van der Waals surface area contributed by atoms with Crippen LogP contribution in [0.25, 0.3) is 0 Å². The number of rotatable bonds is 5. The lowest BCUT2D eigenvalue weighted by Crippen LogP contribution is -2.23. The molecule has 0 aliphatic rings. The van der Waals surface area contributed by atoms with Gasteiger partial charge in [-0.15, -0.1) is 0 Å². The second kappa shape index (κ2) is 6.30. The first kappa shape index (κ1) is 14.9. The fraction of sp³-hybridized carbons (Fsp3) is 0.333. The number of amides is 1. The zero-order valence-corrected chi connectivity index (χ0v) is 12.5. The van der Waals surface area contributed by atoms with Crippen LogP contribution in [0.3, 0.4) is 0 Å². The van der Waals surface area contributed by atoms with E-state index in [1.807, 2.05) is 13.8 Å². The SMILES string of the molecule is COc1ccc(C(=O)NCc2nc(C)c(C)o2)c(OC)c1. The molecule has 1 heterocycles. The number of nitrogens with zero attached hydrogens (tertiary/aromatic N) is 1. The number of hydrogen-bond acceptors (Lipinski definition) is 5. The van der Waals surface area contributed by atoms with E-state index in [0.717, 1.165) is 11.5 Å². The van der Waals surface area contributed by atoms with Crippen LogP contribution in [-0.2, 0) is 6.54 Å². The fourth-order valence-electron chi connectivity index (χ4n) is 1.85. The number of hydrogen-bond donors (Lipinski definition) is 1. The second-order valence-corrected chi connectivity index (χ2v) is 4.50. The summed E-state index contributed by atoms with van der Waals surface area (Å²) in [5.74, 6) is 2.05. The van der Waals surface area contributed by atoms with Crippen molar-refractivity contribution in [3.8, 4) is 11.5 Å². The van der Waals surface area contributed by atoms with Crippen molar-refractivity contribution >= 4 is 5.91 Å². The quantitative estimate of drug-likeness (QED) is 0.914. The van der Waals surface area contributed by atoms with Gasteiger partial charge in [0.05, 0.1) is 32.0 Å². The van der Waals surface area contributed by atoms with E-state index in [0.29, 0.717) is 23.0 Å². The van der Waals surface area contributed by atoms with E-state index in [1.54, 1.807) is 25.3 Å². The van der Waals surface area contributed by atoms with Crippen molar-refractivity contribution in [1.82, 2.24) is 10.3 Å². The Kier molecular flexibility index (Phi) is 4.47. The Balaban J connectivity index is 2.09. The summed E-state index contributed by atoms with van der Waals surface area (Å²) in [5, 5.41) is 2.75. The molecule has 112 valence electrons. The number of aromatic nitrogens is 1. The predicted octanol–water partition coefficient (Wildman–Crippen LogP) is 2.24. The first-order valence-electron chi connectivity index (χ1n) is 6.48. The third-order valence-electron chi connectivity index (χ3n) is 3.13. The van der Waals surface area contributed by atoms with Crippen LogP contribution in [0.4, 0.5) is 0 Å². The number of carbonyl (C=O) groups excluding carboxylic acids is 1. The largest absolute Gasteiger partial charge is 0.497 e. The molecule has 1 aromatic heterocycles. The lowest BCUT2D eigenvalue weighted by atomic mass is 10.1. The van der Waals surface area contributed by atoms with E-state index in [2.05, 4.69) is 10.3 Å². The van der Waals surface area contributed by atoms with Gasteiger partial charge in [-0.2, -0.15) is 0 Å². The first-order chi connectivity index (χ1) is 10.0. The molecule has 1 N–H and O–H groups in total. The van der Waals surface area contributed by atoms with Crippen LogP contribution in [0, 0.1) is 13.8 Å². The molecule has 0 aliphatic carbocycles. The summed E-state index contributed by atoms with van der Waals surface area (Å²) in [4.78, 5) is 16.4. The summed E-state index contributed by atoms with van der Waals surface area (Å²) in [6.45, 7) is 3.92. The molecule has 6 nitrogen and oxygen atoms in total. The summed E-state index contributed by atoms with van der Waals surface area (Å²) < 4.78 is 15.7. The van der Waals surface area contributed by atoms with Gasteiger partial charge in [0.1, 0.15) is 17.3 Å². The van der Waals surface area contributed by atoms with E-state index in [-0.39, 0.29) is 12.5 Å². The highest BCUT2D eigenvalue weighted by Crippen LogP contribution is 2.24. The molecule has 0 fully saturated rings. The van der Waals surface area contributed by atoms with Gasteiger partial charge in [-0.3, -0.25) is 4.79 Å². The number of carbonyl (C=O) groups is 1. The highest BCUT2D eigenvalue weighted by Gasteiger charge is 2.14. The van der Waals surface area contributed by atoms with E-state index in [1.165, 1.54) is 7.11 Å². The first-order valence-corrected chi connectivity index (χ1v) is 6.48. The van der Waals surface area contributed by atoms with Crippen molar-refractivity contribution in [2.45, 2.75) is 20.4 Å². The third-order valence-corrected chi connectivity index (χ3v) is 3.13. The minimum Gasteiger partial charge on any atom is -0.497 e. The molecule has 0 saturated heterocycles. The summed E-state index contributed by atoms with van der Waals surface area (Å²) in [6, 6.07) is 5.02. The van der Waals surface area contributed by atoms with Gasteiger partial charge in [0.25, 0.3) is 5.91 Å². The summed E-state index contributed by atoms with van der Waals surface area (Å²) in [7, 11) is 3.06. The number of nitrogens with one attached hydrogen (secondary N) is 1. The van der Waals surface area contributed by atoms with Crippen LogP contribution in [0.1, 0.15) is 27.7 Å². The van der Waals surface area contributed by atoms with Crippen molar-refractivity contribution in [3.05, 3.63) is 41.1 Å². The Hall–Kier alpha value is -2.50. The van der Waals surface area contributed by atoms with Crippen molar-refractivity contribution < 1.29 is 18.7 Å². The van der Waals surface area contributed by atoms with E-state index >= 15 is 0 Å². The number of aryl methyl sites for hydroxylation is 2. The number of ether oxygens (including phenoxy) is 2. The molecule has 0 saturated carbocycles. The zero-order valence-electron chi connectivity index (χ0n) is 12.5. The second-order valence-electron chi connectivity index (χ2n) is 4.50. The van der Waals surface area contributed by atoms with Crippen molar-refractivity contribution in [3.63, 3.8) is 0 Å². The molecule has 0 unspecified atom stereocenters. The van der Waals surface area contributed by atoms with Crippen LogP contribution < -0.4 is 14.8 Å². The minimum atomic E-state index is -0.261. The standard InChI is InChI=1S/C15H18N2O4/c1-9-10(2)21-14(17-9)8-16-15(18)12-6-5-11(19-3)7-13(12)20-4/h5-7H,8H2,1-4H3,(H,16,18). The maximum atomic E-state index is 12.2. The predicted molar refractivity (Wildman–Crippen MR) is 76.7 cm³/mol. The van der Waals surface area contributed by atoms with Gasteiger partial charge in [-0.05, 0) is 26.0 Å². The average molecular weight is 290 g/mol. The Bertz CT molecular complexity index is 630. The zero-order chi connectivity index (χ0) is 15.4. The van der Waals surface area contributed by atoms with Gasteiger partial charge < -0.3 is 19.2 Å². The smallest absolute Gasteiger partial charge is 0.255 e. The maximum Gasteiger partial charge on any atom is 0.255 e. The highest BCUT2D eigenvalue weighted by atomic mass is 16.5. The van der Waals surface area contributed by atoms with Crippen LogP contribution >= 0.6 is 0 Å². The van der Waals surface area contributed by atoms with Crippen molar-refractivity contribution in [2.24, 2.45) is 0 Å². The molecular formula is C15H18N2O4. The van der Waals surface area contributed by atoms with E-state index in [9.17, 15) is 4.79 Å². The molecule has 21 heavy (non-hydrogen) atoms. The molecule has 1 amide bonds. The van der Waals surface area contributed by atoms with Crippen molar-refractivity contribution in [2.75, 3.05) is 14.2 Å². The lowest BCUT2D eigenvalue weighted by molar-refractivity contribution is 0.0944. The minimum absolute atomic E-state index is 0.225. The molecule has 2 rings (SSSR count). The number of oxazole rings is 1. The van der Waals surface area contributed by atoms with Crippen LogP contribution in [0.5, 0.6) is 11.5 Å². The summed E-state index contributed by atoms with van der Waals surface area (Å²) in [5.41, 5.74) is 1.25. The molecule has 0 spiro atoms. The fourth-order valence-corrected chi connectivity index (χ4v) is 1.85. The summed E-state index contributed by atoms with van der Waals surface area (Å²) >= 11 is 0. The van der Waals surface area contributed by atoms with Crippen LogP contribution in [0.15, 0.2) is 22.6 Å². The van der Waals surface area contributed by atoms with E-state index < -0.39 is 0 Å². The molecular weight excluding hydrogens is 272 g/mol. The maximum absolute atomic E-state index is 12.2. The molecule has 6 heteroatoms. The number of benzene rings is 1. The van der Waals surface area contributed by atoms with Crippen LogP contribution in [0.2, 0.25) is 0 Å². The monoisotopic (exact) mass is 290 g/mol. The Morgan fingerprint density at radius 2 is 2.05 bits per heavy atom. The Labute approximate surface area is 123 Å². The van der Waals surface area contributed by atoms with E-state index in [4.69, 9.17) is 13.9 Å². The highest BCUT2D eigenvalue weighted by molar-refractivity contribution is 5.97. The van der Waals surface area contributed by atoms with Gasteiger partial charge in [0.15, 0.2) is 0 Å². The molecule has 0 bridgehead atoms. The Morgan fingerprint density at radius 3 is 2.62 bits per heavy atom. The molecule has 1 aromatic carbocycles. The van der Waals surface area contributed by atoms with Gasteiger partial charge in [0, 0.05) is 6.07 Å². The molecule has 2 aromatic rings. The van der Waals surface area contributed by atoms with Gasteiger partial charge in [-0.1, -0.05) is 0 Å². The normalized spacial score (nSPS) is 10.3. The van der Waals surface area contributed by atoms with Gasteiger partial charge >= 0.3 is 0 Å². The number of methoxy groups -OCH3 is 2. The average Bonchev–Trinajstić information content (AvgIpc) is 2.82. The lowest BCUT2D eigenvalue weighted by Gasteiger charge is -2.10. The third kappa shape index (κ3) is 3.34.